The number of rotatable bonds is 35. The number of aliphatic carboxylic acids is 1. The molecule has 83 heavy (non-hydrogen) atoms. The Balaban J connectivity index is 1.71. The van der Waals surface area contributed by atoms with Gasteiger partial charge < -0.3 is 96.0 Å². The van der Waals surface area contributed by atoms with Gasteiger partial charge in [-0.3, -0.25) is 62.7 Å². The zero-order valence-corrected chi connectivity index (χ0v) is 47.5. The number of imidazole rings is 1. The number of nitrogens with two attached hydrogens (primary N) is 4. The molecule has 34 heteroatoms. The number of nitrogens with one attached hydrogen (secondary N) is 10. The number of carboxylic acids is 1. The van der Waals surface area contributed by atoms with Crippen LogP contribution in [0.15, 0.2) is 22.5 Å². The molecule has 0 aromatic carbocycles. The van der Waals surface area contributed by atoms with Crippen molar-refractivity contribution in [2.75, 3.05) is 32.0 Å². The molecule has 2 aliphatic heterocycles. The van der Waals surface area contributed by atoms with E-state index in [2.05, 4.69) is 80.4 Å². The lowest BCUT2D eigenvalue weighted by atomic mass is 10.0. The number of aromatic nitrogens is 2. The number of carboxylic acid groups (broad SMARTS) is 1. The smallest absolute Gasteiger partial charge is 0.328 e. The first kappa shape index (κ1) is 69.3. The molecule has 0 radical (unpaired) electrons. The lowest BCUT2D eigenvalue weighted by molar-refractivity contribution is -0.145. The van der Waals surface area contributed by atoms with Crippen molar-refractivity contribution in [3.05, 3.63) is 18.2 Å². The molecule has 33 nitrogen and oxygen atoms in total. The number of aliphatic imine (C=N–C) groups is 2. The normalized spacial score (nSPS) is 19.0. The molecule has 11 amide bonds. The highest BCUT2D eigenvalue weighted by atomic mass is 32.1. The number of hydrogen-bond acceptors (Lipinski definition) is 19. The molecule has 2 aliphatic rings. The number of primary amides is 1. The molecule has 462 valence electrons. The Hall–Kier alpha value is -7.98. The van der Waals surface area contributed by atoms with Gasteiger partial charge in [-0.2, -0.15) is 12.6 Å². The van der Waals surface area contributed by atoms with E-state index in [0.29, 0.717) is 25.0 Å². The van der Waals surface area contributed by atoms with Crippen LogP contribution in [0.3, 0.4) is 0 Å². The molecular formula is C49H80N18O15S. The molecule has 21 N–H and O–H groups in total. The first-order chi connectivity index (χ1) is 39.2. The zero-order chi connectivity index (χ0) is 62.1. The van der Waals surface area contributed by atoms with Crippen molar-refractivity contribution in [1.29, 1.82) is 0 Å². The summed E-state index contributed by atoms with van der Waals surface area (Å²) in [4.78, 5) is 175. The van der Waals surface area contributed by atoms with Gasteiger partial charge in [-0.1, -0.05) is 6.92 Å². The van der Waals surface area contributed by atoms with Crippen LogP contribution in [0, 0.1) is 5.92 Å². The number of aromatic amines is 1. The number of guanidine groups is 1. The second-order valence-electron chi connectivity index (χ2n) is 20.2. The van der Waals surface area contributed by atoms with Crippen LogP contribution in [-0.2, 0) is 64.0 Å². The number of aliphatic hydroxyl groups is 2. The van der Waals surface area contributed by atoms with Crippen LogP contribution in [0.25, 0.3) is 0 Å². The summed E-state index contributed by atoms with van der Waals surface area (Å²) in [6, 6.07) is -15.1. The number of carbonyl (C=O) groups excluding carboxylic acids is 11. The van der Waals surface area contributed by atoms with Gasteiger partial charge >= 0.3 is 5.97 Å². The summed E-state index contributed by atoms with van der Waals surface area (Å²) in [5.74, 6) is -11.7. The number of aliphatic hydroxyl groups excluding tert-OH is 2. The van der Waals surface area contributed by atoms with Gasteiger partial charge in [-0.15, -0.1) is 0 Å². The molecule has 13 atom stereocenters. The Labute approximate surface area is 483 Å². The standard InChI is InChI=1S/C49H80N18O15S/c1-23-12-15-55-36(23)46(79)56-13-6-5-10-29(41(74)64-32(20-68)48(81)82)61-42(75)30(17-27-19-54-22-58-27)63-45(78)34-11-8-16-67(34)47(80)37(26(4)69)66-43(76)31(18-35(51)70)62-38(71)25(3)60-44(77)33(21-83)65-39(72)24(2)59-40(73)28(50)9-7-14-57-49(52)53/h15,19,22-26,28-34,36-37,68-69,83H,5-14,16-18,20-21,50H2,1-4H3,(H2,51,70)(H,54,58)(H,56,79)(H,59,73)(H,60,77)(H,61,75)(H,62,71)(H,63,78)(H,64,74)(H,65,72)(H,66,76)(H,81,82)(H4,52,53,57)/t23-,24+,25+,26-,28+,29+,30+,31+,32+,33+,34+,36-,37+/m1/s1. The Morgan fingerprint density at radius 1 is 0.759 bits per heavy atom. The molecule has 3 rings (SSSR count). The minimum absolute atomic E-state index is 0.0189. The maximum absolute atomic E-state index is 14.3. The first-order valence-electron chi connectivity index (χ1n) is 26.9. The van der Waals surface area contributed by atoms with Gasteiger partial charge in [-0.05, 0) is 78.1 Å². The van der Waals surface area contributed by atoms with Crippen molar-refractivity contribution in [2.24, 2.45) is 38.8 Å². The van der Waals surface area contributed by atoms with Crippen LogP contribution < -0.4 is 70.8 Å². The molecule has 1 aromatic heterocycles. The van der Waals surface area contributed by atoms with Crippen molar-refractivity contribution >= 4 is 95.8 Å². The van der Waals surface area contributed by atoms with Crippen LogP contribution in [0.2, 0.25) is 0 Å². The number of amides is 11. The topological polar surface area (TPSA) is 535 Å². The van der Waals surface area contributed by atoms with Gasteiger partial charge in [0.25, 0.3) is 0 Å². The molecule has 0 saturated carbocycles. The van der Waals surface area contributed by atoms with Gasteiger partial charge in [-0.25, -0.2) is 9.78 Å². The quantitative estimate of drug-likeness (QED) is 0.0130. The van der Waals surface area contributed by atoms with E-state index in [1.165, 1.54) is 26.4 Å². The van der Waals surface area contributed by atoms with Crippen molar-refractivity contribution in [1.82, 2.24) is 62.7 Å². The monoisotopic (exact) mass is 1190 g/mol. The fraction of sp³-hybridized carbons (Fsp3) is 0.653. The molecule has 0 aliphatic carbocycles. The Morgan fingerprint density at radius 2 is 1.36 bits per heavy atom. The summed E-state index contributed by atoms with van der Waals surface area (Å²) >= 11 is 4.12. The first-order valence-corrected chi connectivity index (χ1v) is 27.5. The molecule has 0 unspecified atom stereocenters. The minimum atomic E-state index is -1.82. The summed E-state index contributed by atoms with van der Waals surface area (Å²) in [5.41, 5.74) is 22.2. The van der Waals surface area contributed by atoms with Crippen LogP contribution >= 0.6 is 12.6 Å². The fourth-order valence-corrected chi connectivity index (χ4v) is 8.82. The predicted molar refractivity (Wildman–Crippen MR) is 299 cm³/mol. The summed E-state index contributed by atoms with van der Waals surface area (Å²) in [7, 11) is 0. The maximum atomic E-state index is 14.3. The summed E-state index contributed by atoms with van der Waals surface area (Å²) < 4.78 is 0. The van der Waals surface area contributed by atoms with Crippen LogP contribution in [0.4, 0.5) is 0 Å². The maximum Gasteiger partial charge on any atom is 0.328 e. The minimum Gasteiger partial charge on any atom is -0.480 e. The van der Waals surface area contributed by atoms with Crippen LogP contribution in [0.5, 0.6) is 0 Å². The molecule has 1 fully saturated rings. The number of H-pyrrole nitrogens is 1. The average Bonchev–Trinajstić information content (AvgIpc) is 4.28. The highest BCUT2D eigenvalue weighted by Crippen LogP contribution is 2.21. The third-order valence-corrected chi connectivity index (χ3v) is 13.7. The van der Waals surface area contributed by atoms with E-state index in [1.807, 2.05) is 6.92 Å². The van der Waals surface area contributed by atoms with Crippen molar-refractivity contribution in [3.63, 3.8) is 0 Å². The molecule has 1 aromatic rings. The third-order valence-electron chi connectivity index (χ3n) is 13.4. The van der Waals surface area contributed by atoms with Gasteiger partial charge in [0.1, 0.15) is 60.4 Å². The predicted octanol–water partition coefficient (Wildman–Crippen LogP) is -7.73. The second kappa shape index (κ2) is 34.5. The van der Waals surface area contributed by atoms with E-state index < -0.39 is 151 Å². The van der Waals surface area contributed by atoms with Gasteiger partial charge in [0.15, 0.2) is 5.96 Å². The molecule has 0 bridgehead atoms. The lowest BCUT2D eigenvalue weighted by Gasteiger charge is -2.32. The third kappa shape index (κ3) is 22.7. The summed E-state index contributed by atoms with van der Waals surface area (Å²) in [6.07, 6.45) is 3.51. The SMILES string of the molecule is C[C@H](NC(=O)[C@H](CS)NC(=O)[C@H](C)NC(=O)[C@@H](N)CCCN=C(N)N)C(=O)N[C@@H](CC(N)=O)C(=O)N[C@H](C(=O)N1CCC[C@H]1C(=O)N[C@@H](Cc1cnc[nH]1)C(=O)N[C@@H](CCCCNC(=O)[C@@H]1N=CC[C@H]1C)C(=O)N[C@@H](CO)C(=O)O)[C@@H](C)O. The average molecular weight is 1190 g/mol. The van der Waals surface area contributed by atoms with Gasteiger partial charge in [0.2, 0.25) is 65.0 Å². The van der Waals surface area contributed by atoms with E-state index in [0.717, 1.165) is 11.8 Å². The van der Waals surface area contributed by atoms with Gasteiger partial charge in [0, 0.05) is 49.9 Å². The number of hydrogen-bond donors (Lipinski definition) is 18. The molecule has 3 heterocycles. The van der Waals surface area contributed by atoms with E-state index in [4.69, 9.17) is 22.9 Å². The number of thiol groups is 1. The summed E-state index contributed by atoms with van der Waals surface area (Å²) in [6.45, 7) is 4.92. The number of unbranched alkanes of at least 4 members (excludes halogenated alkanes) is 1. The highest BCUT2D eigenvalue weighted by molar-refractivity contribution is 7.80. The highest BCUT2D eigenvalue weighted by Gasteiger charge is 2.42. The van der Waals surface area contributed by atoms with Crippen molar-refractivity contribution in [3.8, 4) is 0 Å². The Morgan fingerprint density at radius 3 is 1.93 bits per heavy atom. The fourth-order valence-electron chi connectivity index (χ4n) is 8.56. The largest absolute Gasteiger partial charge is 0.480 e. The number of carbonyl (C=O) groups is 12. The molecule has 1 saturated heterocycles. The van der Waals surface area contributed by atoms with Crippen LogP contribution in [-0.4, -0.2) is 218 Å². The molecule has 0 spiro atoms. The Bertz CT molecular complexity index is 2500. The molecular weight excluding hydrogens is 1110 g/mol. The number of nitrogens with zero attached hydrogens (tertiary/aromatic N) is 4. The van der Waals surface area contributed by atoms with E-state index >= 15 is 0 Å². The van der Waals surface area contributed by atoms with E-state index in [1.54, 1.807) is 6.21 Å². The van der Waals surface area contributed by atoms with Gasteiger partial charge in [0.05, 0.1) is 31.5 Å². The second-order valence-corrected chi connectivity index (χ2v) is 20.5. The summed E-state index contributed by atoms with van der Waals surface area (Å²) in [5, 5.41) is 51.9. The number of likely N-dealkylation sites (tertiary alicyclic amines) is 1. The zero-order valence-electron chi connectivity index (χ0n) is 46.6. The van der Waals surface area contributed by atoms with Crippen molar-refractivity contribution < 1.29 is 72.9 Å². The van der Waals surface area contributed by atoms with Crippen LogP contribution in [0.1, 0.15) is 91.2 Å². The Kier molecular flexibility index (Phi) is 28.8. The van der Waals surface area contributed by atoms with E-state index in [9.17, 15) is 72.9 Å². The van der Waals surface area contributed by atoms with E-state index in [-0.39, 0.29) is 81.7 Å². The van der Waals surface area contributed by atoms with Crippen molar-refractivity contribution in [2.45, 2.75) is 164 Å². The lowest BCUT2D eigenvalue weighted by Crippen LogP contribution is -2.62.